The first kappa shape index (κ1) is 10.4. The van der Waals surface area contributed by atoms with Crippen molar-refractivity contribution in [2.45, 2.75) is 18.8 Å². The molecule has 1 aliphatic carbocycles. The summed E-state index contributed by atoms with van der Waals surface area (Å²) in [6.07, 6.45) is 2.37. The fourth-order valence-electron chi connectivity index (χ4n) is 1.87. The molecule has 1 atom stereocenters. The normalized spacial score (nSPS) is 21.3. The van der Waals surface area contributed by atoms with E-state index in [1.807, 2.05) is 24.3 Å². The fraction of sp³-hybridized carbons (Fsp3) is 0.250. The first-order valence-electron chi connectivity index (χ1n) is 4.83. The third-order valence-electron chi connectivity index (χ3n) is 2.55. The van der Waals surface area contributed by atoms with E-state index >= 15 is 0 Å². The van der Waals surface area contributed by atoms with Gasteiger partial charge in [-0.2, -0.15) is 0 Å². The molecule has 1 N–H and O–H groups in total. The number of aliphatic hydroxyl groups excluding tert-OH is 1. The molecule has 0 heterocycles. The molecule has 0 saturated carbocycles. The number of hydrogen-bond donors (Lipinski definition) is 1. The number of carbonyl (C=O) groups excluding carboxylic acids is 1. The van der Waals surface area contributed by atoms with Gasteiger partial charge in [0.1, 0.15) is 0 Å². The van der Waals surface area contributed by atoms with Crippen molar-refractivity contribution < 1.29 is 9.90 Å². The molecule has 0 aliphatic heterocycles. The Hall–Kier alpha value is -1.09. The summed E-state index contributed by atoms with van der Waals surface area (Å²) in [5.74, 6) is 0.306. The van der Waals surface area contributed by atoms with E-state index in [1.54, 1.807) is 0 Å². The quantitative estimate of drug-likeness (QED) is 0.847. The van der Waals surface area contributed by atoms with Gasteiger partial charge in [-0.25, -0.2) is 0 Å². The van der Waals surface area contributed by atoms with Gasteiger partial charge in [-0.3, -0.25) is 4.79 Å². The highest BCUT2D eigenvalue weighted by molar-refractivity contribution is 9.10. The minimum atomic E-state index is 0.00345. The lowest BCUT2D eigenvalue weighted by Crippen LogP contribution is -2.12. The van der Waals surface area contributed by atoms with Gasteiger partial charge in [0.15, 0.2) is 5.78 Å². The highest BCUT2D eigenvalue weighted by atomic mass is 79.9. The summed E-state index contributed by atoms with van der Waals surface area (Å²) >= 11 is 3.40. The van der Waals surface area contributed by atoms with Crippen LogP contribution < -0.4 is 0 Å². The Morgan fingerprint density at radius 2 is 2.13 bits per heavy atom. The molecule has 0 unspecified atom stereocenters. The maximum atomic E-state index is 11.3. The molecular weight excluding hydrogens is 256 g/mol. The van der Waals surface area contributed by atoms with Gasteiger partial charge >= 0.3 is 0 Å². The van der Waals surface area contributed by atoms with Crippen molar-refractivity contribution in [3.8, 4) is 0 Å². The molecule has 1 aromatic rings. The standard InChI is InChI=1S/C12H11BrO2/c13-10-3-1-2-8(4-10)9-5-11(14)7-12(15)6-9/h1-4,7,9,14H,5-6H2/t9-/m1/s1. The number of allylic oxidation sites excluding steroid dienone is 2. The molecule has 0 saturated heterocycles. The molecule has 3 heteroatoms. The van der Waals surface area contributed by atoms with E-state index in [9.17, 15) is 9.90 Å². The summed E-state index contributed by atoms with van der Waals surface area (Å²) in [5, 5.41) is 9.41. The first-order valence-corrected chi connectivity index (χ1v) is 5.62. The van der Waals surface area contributed by atoms with Crippen LogP contribution in [0.5, 0.6) is 0 Å². The summed E-state index contributed by atoms with van der Waals surface area (Å²) < 4.78 is 1.00. The second-order valence-electron chi connectivity index (χ2n) is 3.76. The molecule has 2 nitrogen and oxygen atoms in total. The van der Waals surface area contributed by atoms with Crippen molar-refractivity contribution in [2.24, 2.45) is 0 Å². The molecule has 1 aromatic carbocycles. The van der Waals surface area contributed by atoms with Gasteiger partial charge in [0.25, 0.3) is 0 Å². The van der Waals surface area contributed by atoms with Crippen molar-refractivity contribution in [1.29, 1.82) is 0 Å². The summed E-state index contributed by atoms with van der Waals surface area (Å²) in [6, 6.07) is 7.88. The Bertz CT molecular complexity index is 423. The van der Waals surface area contributed by atoms with Crippen molar-refractivity contribution in [2.75, 3.05) is 0 Å². The van der Waals surface area contributed by atoms with E-state index in [2.05, 4.69) is 15.9 Å². The van der Waals surface area contributed by atoms with E-state index in [-0.39, 0.29) is 17.5 Å². The predicted octanol–water partition coefficient (Wildman–Crippen LogP) is 3.34. The number of hydrogen-bond acceptors (Lipinski definition) is 2. The maximum absolute atomic E-state index is 11.3. The minimum absolute atomic E-state index is 0.00345. The summed E-state index contributed by atoms with van der Waals surface area (Å²) in [4.78, 5) is 11.3. The van der Waals surface area contributed by atoms with Gasteiger partial charge in [-0.05, 0) is 23.6 Å². The van der Waals surface area contributed by atoms with Crippen LogP contribution in [0.2, 0.25) is 0 Å². The zero-order valence-electron chi connectivity index (χ0n) is 8.11. The number of ketones is 1. The number of aliphatic hydroxyl groups is 1. The van der Waals surface area contributed by atoms with Gasteiger partial charge in [0.2, 0.25) is 0 Å². The van der Waals surface area contributed by atoms with Crippen LogP contribution >= 0.6 is 15.9 Å². The molecule has 1 aliphatic rings. The summed E-state index contributed by atoms with van der Waals surface area (Å²) in [6.45, 7) is 0. The van der Waals surface area contributed by atoms with Crippen molar-refractivity contribution >= 4 is 21.7 Å². The van der Waals surface area contributed by atoms with Crippen LogP contribution in [-0.2, 0) is 4.79 Å². The largest absolute Gasteiger partial charge is 0.512 e. The smallest absolute Gasteiger partial charge is 0.159 e. The van der Waals surface area contributed by atoms with Crippen LogP contribution in [0.4, 0.5) is 0 Å². The average molecular weight is 267 g/mol. The summed E-state index contributed by atoms with van der Waals surface area (Å²) in [7, 11) is 0. The highest BCUT2D eigenvalue weighted by Gasteiger charge is 2.21. The van der Waals surface area contributed by atoms with Crippen molar-refractivity contribution in [1.82, 2.24) is 0 Å². The molecule has 0 fully saturated rings. The zero-order chi connectivity index (χ0) is 10.8. The zero-order valence-corrected chi connectivity index (χ0v) is 9.70. The molecule has 15 heavy (non-hydrogen) atoms. The number of benzene rings is 1. The Balaban J connectivity index is 2.26. The van der Waals surface area contributed by atoms with Crippen LogP contribution in [0.15, 0.2) is 40.6 Å². The molecule has 2 rings (SSSR count). The van der Waals surface area contributed by atoms with Crippen LogP contribution in [0, 0.1) is 0 Å². The summed E-state index contributed by atoms with van der Waals surface area (Å²) in [5.41, 5.74) is 1.09. The minimum Gasteiger partial charge on any atom is -0.512 e. The lowest BCUT2D eigenvalue weighted by atomic mass is 9.86. The Morgan fingerprint density at radius 1 is 1.33 bits per heavy atom. The van der Waals surface area contributed by atoms with Crippen molar-refractivity contribution in [3.63, 3.8) is 0 Å². The molecule has 0 aromatic heterocycles. The van der Waals surface area contributed by atoms with Crippen LogP contribution in [0.25, 0.3) is 0 Å². The molecule has 0 amide bonds. The highest BCUT2D eigenvalue weighted by Crippen LogP contribution is 2.31. The SMILES string of the molecule is O=C1C=C(O)C[C@@H](c2cccc(Br)c2)C1. The number of rotatable bonds is 1. The first-order chi connectivity index (χ1) is 7.15. The lowest BCUT2D eigenvalue weighted by Gasteiger charge is -2.19. The van der Waals surface area contributed by atoms with Gasteiger partial charge < -0.3 is 5.11 Å². The number of halogens is 1. The van der Waals surface area contributed by atoms with Crippen LogP contribution in [-0.4, -0.2) is 10.9 Å². The molecule has 78 valence electrons. The second kappa shape index (κ2) is 4.19. The molecule has 0 bridgehead atoms. The van der Waals surface area contributed by atoms with E-state index < -0.39 is 0 Å². The average Bonchev–Trinajstić information content (AvgIpc) is 2.16. The van der Waals surface area contributed by atoms with Gasteiger partial charge in [-0.15, -0.1) is 0 Å². The molecule has 0 radical (unpaired) electrons. The van der Waals surface area contributed by atoms with E-state index in [4.69, 9.17) is 0 Å². The van der Waals surface area contributed by atoms with Gasteiger partial charge in [0.05, 0.1) is 5.76 Å². The third kappa shape index (κ3) is 2.48. The third-order valence-corrected chi connectivity index (χ3v) is 3.04. The van der Waals surface area contributed by atoms with Gasteiger partial charge in [-0.1, -0.05) is 28.1 Å². The Kier molecular flexibility index (Phi) is 2.91. The van der Waals surface area contributed by atoms with E-state index in [0.717, 1.165) is 10.0 Å². The fourth-order valence-corrected chi connectivity index (χ4v) is 2.28. The molecular formula is C12H11BrO2. The van der Waals surface area contributed by atoms with Crippen LogP contribution in [0.3, 0.4) is 0 Å². The second-order valence-corrected chi connectivity index (χ2v) is 4.68. The molecule has 0 spiro atoms. The van der Waals surface area contributed by atoms with Crippen molar-refractivity contribution in [3.05, 3.63) is 46.1 Å². The van der Waals surface area contributed by atoms with Gasteiger partial charge in [0, 0.05) is 23.4 Å². The Labute approximate surface area is 96.7 Å². The maximum Gasteiger partial charge on any atom is 0.159 e. The monoisotopic (exact) mass is 266 g/mol. The van der Waals surface area contributed by atoms with Crippen LogP contribution in [0.1, 0.15) is 24.3 Å². The number of carbonyl (C=O) groups is 1. The van der Waals surface area contributed by atoms with E-state index in [1.165, 1.54) is 6.08 Å². The predicted molar refractivity (Wildman–Crippen MR) is 61.8 cm³/mol. The topological polar surface area (TPSA) is 37.3 Å². The van der Waals surface area contributed by atoms with E-state index in [0.29, 0.717) is 12.8 Å². The Morgan fingerprint density at radius 3 is 2.80 bits per heavy atom. The lowest BCUT2D eigenvalue weighted by molar-refractivity contribution is -0.115.